The lowest BCUT2D eigenvalue weighted by Crippen LogP contribution is -2.25. The van der Waals surface area contributed by atoms with E-state index >= 15 is 0 Å². The lowest BCUT2D eigenvalue weighted by molar-refractivity contribution is 0.576. The van der Waals surface area contributed by atoms with Crippen molar-refractivity contribution in [3.63, 3.8) is 0 Å². The molecule has 3 heteroatoms. The van der Waals surface area contributed by atoms with E-state index in [2.05, 4.69) is 35.6 Å². The maximum atomic E-state index is 4.13. The highest BCUT2D eigenvalue weighted by molar-refractivity contribution is 4.98. The van der Waals surface area contributed by atoms with E-state index in [0.717, 1.165) is 19.5 Å². The van der Waals surface area contributed by atoms with E-state index in [0.29, 0.717) is 6.04 Å². The van der Waals surface area contributed by atoms with Gasteiger partial charge in [-0.05, 0) is 6.92 Å². The topological polar surface area (TPSA) is 29.9 Å². The van der Waals surface area contributed by atoms with Crippen LogP contribution in [0, 0.1) is 0 Å². The maximum absolute atomic E-state index is 4.13. The van der Waals surface area contributed by atoms with E-state index in [1.165, 1.54) is 5.69 Å². The molecular weight excluding hydrogens is 162 g/mol. The molecule has 3 nitrogen and oxygen atoms in total. The van der Waals surface area contributed by atoms with Gasteiger partial charge in [-0.15, -0.1) is 0 Å². The van der Waals surface area contributed by atoms with Gasteiger partial charge in [-0.2, -0.15) is 0 Å². The zero-order valence-corrected chi connectivity index (χ0v) is 8.75. The molecule has 0 amide bonds. The molecular formula is C10H19N3. The fourth-order valence-electron chi connectivity index (χ4n) is 1.33. The van der Waals surface area contributed by atoms with Crippen LogP contribution in [0.25, 0.3) is 0 Å². The van der Waals surface area contributed by atoms with Gasteiger partial charge in [0.2, 0.25) is 0 Å². The normalized spacial score (nSPS) is 11.1. The lowest BCUT2D eigenvalue weighted by atomic mass is 10.3. The highest BCUT2D eigenvalue weighted by Gasteiger charge is 1.99. The first-order valence-electron chi connectivity index (χ1n) is 4.96. The van der Waals surface area contributed by atoms with Gasteiger partial charge in [0, 0.05) is 37.4 Å². The Morgan fingerprint density at radius 1 is 1.54 bits per heavy atom. The van der Waals surface area contributed by atoms with Gasteiger partial charge in [0.15, 0.2) is 0 Å². The molecule has 0 saturated carbocycles. The molecule has 0 spiro atoms. The van der Waals surface area contributed by atoms with Gasteiger partial charge in [0.25, 0.3) is 0 Å². The minimum absolute atomic E-state index is 0.568. The number of nitrogens with one attached hydrogen (secondary N) is 1. The zero-order valence-electron chi connectivity index (χ0n) is 8.75. The summed E-state index contributed by atoms with van der Waals surface area (Å²) in [6, 6.07) is 0.568. The minimum Gasteiger partial charge on any atom is -0.335 e. The van der Waals surface area contributed by atoms with Crippen LogP contribution in [0.2, 0.25) is 0 Å². The number of hydrogen-bond donors (Lipinski definition) is 1. The van der Waals surface area contributed by atoms with Gasteiger partial charge in [0.1, 0.15) is 0 Å². The van der Waals surface area contributed by atoms with Crippen molar-refractivity contribution in [2.75, 3.05) is 6.54 Å². The molecule has 0 unspecified atom stereocenters. The van der Waals surface area contributed by atoms with Crippen LogP contribution < -0.4 is 5.32 Å². The molecule has 0 saturated heterocycles. The Kier molecular flexibility index (Phi) is 3.96. The van der Waals surface area contributed by atoms with E-state index in [-0.39, 0.29) is 0 Å². The number of aromatic nitrogens is 2. The molecule has 0 aliphatic carbocycles. The molecule has 0 bridgehead atoms. The molecule has 1 rings (SSSR count). The SMILES string of the molecule is CCn1cncc1CCNC(C)C. The van der Waals surface area contributed by atoms with Crippen molar-refractivity contribution in [1.82, 2.24) is 14.9 Å². The first kappa shape index (κ1) is 10.3. The zero-order chi connectivity index (χ0) is 9.68. The molecule has 0 aliphatic rings. The summed E-state index contributed by atoms with van der Waals surface area (Å²) >= 11 is 0. The third kappa shape index (κ3) is 3.19. The second-order valence-electron chi connectivity index (χ2n) is 3.53. The average molecular weight is 181 g/mol. The van der Waals surface area contributed by atoms with Gasteiger partial charge in [0.05, 0.1) is 6.33 Å². The number of imidazole rings is 1. The monoisotopic (exact) mass is 181 g/mol. The fraction of sp³-hybridized carbons (Fsp3) is 0.700. The van der Waals surface area contributed by atoms with Crippen LogP contribution in [0.5, 0.6) is 0 Å². The van der Waals surface area contributed by atoms with E-state index < -0.39 is 0 Å². The summed E-state index contributed by atoms with van der Waals surface area (Å²) in [5.41, 5.74) is 1.32. The third-order valence-corrected chi connectivity index (χ3v) is 2.07. The molecule has 1 heterocycles. The Morgan fingerprint density at radius 3 is 2.92 bits per heavy atom. The van der Waals surface area contributed by atoms with Crippen molar-refractivity contribution in [1.29, 1.82) is 0 Å². The van der Waals surface area contributed by atoms with Crippen LogP contribution in [0.15, 0.2) is 12.5 Å². The predicted octanol–water partition coefficient (Wildman–Crippen LogP) is 1.44. The van der Waals surface area contributed by atoms with Crippen LogP contribution in [0.4, 0.5) is 0 Å². The standard InChI is InChI=1S/C10H19N3/c1-4-13-8-11-7-10(13)5-6-12-9(2)3/h7-9,12H,4-6H2,1-3H3. The van der Waals surface area contributed by atoms with Crippen molar-refractivity contribution in [2.24, 2.45) is 0 Å². The maximum Gasteiger partial charge on any atom is 0.0948 e. The number of aryl methyl sites for hydroxylation is 1. The summed E-state index contributed by atoms with van der Waals surface area (Å²) in [5, 5.41) is 3.39. The number of hydrogen-bond acceptors (Lipinski definition) is 2. The highest BCUT2D eigenvalue weighted by Crippen LogP contribution is 1.99. The first-order chi connectivity index (χ1) is 6.24. The van der Waals surface area contributed by atoms with Gasteiger partial charge >= 0.3 is 0 Å². The van der Waals surface area contributed by atoms with E-state index in [4.69, 9.17) is 0 Å². The summed E-state index contributed by atoms with van der Waals surface area (Å²) in [7, 11) is 0. The summed E-state index contributed by atoms with van der Waals surface area (Å²) in [4.78, 5) is 4.13. The second kappa shape index (κ2) is 5.02. The summed E-state index contributed by atoms with van der Waals surface area (Å²) < 4.78 is 2.18. The summed E-state index contributed by atoms with van der Waals surface area (Å²) in [5.74, 6) is 0. The van der Waals surface area contributed by atoms with Crippen molar-refractivity contribution < 1.29 is 0 Å². The molecule has 0 aliphatic heterocycles. The summed E-state index contributed by atoms with van der Waals surface area (Å²) in [6.07, 6.45) is 4.90. The summed E-state index contributed by atoms with van der Waals surface area (Å²) in [6.45, 7) is 8.51. The van der Waals surface area contributed by atoms with Crippen LogP contribution in [-0.2, 0) is 13.0 Å². The Bertz CT molecular complexity index is 240. The molecule has 0 atom stereocenters. The van der Waals surface area contributed by atoms with Crippen LogP contribution in [0.3, 0.4) is 0 Å². The molecule has 1 N–H and O–H groups in total. The Morgan fingerprint density at radius 2 is 2.31 bits per heavy atom. The Hall–Kier alpha value is -0.830. The second-order valence-corrected chi connectivity index (χ2v) is 3.53. The number of nitrogens with zero attached hydrogens (tertiary/aromatic N) is 2. The fourth-order valence-corrected chi connectivity index (χ4v) is 1.33. The molecule has 13 heavy (non-hydrogen) atoms. The Balaban J connectivity index is 2.36. The molecule has 1 aromatic heterocycles. The van der Waals surface area contributed by atoms with Crippen LogP contribution >= 0.6 is 0 Å². The quantitative estimate of drug-likeness (QED) is 0.745. The Labute approximate surface area is 80.2 Å². The molecule has 0 radical (unpaired) electrons. The average Bonchev–Trinajstić information content (AvgIpc) is 2.51. The van der Waals surface area contributed by atoms with Crippen LogP contribution in [-0.4, -0.2) is 22.1 Å². The van der Waals surface area contributed by atoms with E-state index in [9.17, 15) is 0 Å². The smallest absolute Gasteiger partial charge is 0.0948 e. The first-order valence-corrected chi connectivity index (χ1v) is 4.96. The van der Waals surface area contributed by atoms with E-state index in [1.54, 1.807) is 0 Å². The van der Waals surface area contributed by atoms with Gasteiger partial charge < -0.3 is 9.88 Å². The molecule has 0 aromatic carbocycles. The van der Waals surface area contributed by atoms with Crippen molar-refractivity contribution >= 4 is 0 Å². The lowest BCUT2D eigenvalue weighted by Gasteiger charge is -2.08. The minimum atomic E-state index is 0.568. The van der Waals surface area contributed by atoms with Gasteiger partial charge in [-0.3, -0.25) is 0 Å². The van der Waals surface area contributed by atoms with Crippen LogP contribution in [0.1, 0.15) is 26.5 Å². The predicted molar refractivity (Wildman–Crippen MR) is 54.7 cm³/mol. The largest absolute Gasteiger partial charge is 0.335 e. The van der Waals surface area contributed by atoms with Crippen molar-refractivity contribution in [3.8, 4) is 0 Å². The molecule has 74 valence electrons. The highest BCUT2D eigenvalue weighted by atomic mass is 15.0. The van der Waals surface area contributed by atoms with Crippen molar-refractivity contribution in [3.05, 3.63) is 18.2 Å². The molecule has 1 aromatic rings. The molecule has 0 fully saturated rings. The van der Waals surface area contributed by atoms with Gasteiger partial charge in [-0.25, -0.2) is 4.98 Å². The van der Waals surface area contributed by atoms with E-state index in [1.807, 2.05) is 12.5 Å². The number of rotatable bonds is 5. The van der Waals surface area contributed by atoms with Crippen molar-refractivity contribution in [2.45, 2.75) is 39.8 Å². The third-order valence-electron chi connectivity index (χ3n) is 2.07. The van der Waals surface area contributed by atoms with Gasteiger partial charge in [-0.1, -0.05) is 13.8 Å².